The van der Waals surface area contributed by atoms with E-state index in [0.29, 0.717) is 24.6 Å². The normalized spacial score (nSPS) is 17.9. The van der Waals surface area contributed by atoms with Gasteiger partial charge in [-0.1, -0.05) is 0 Å². The van der Waals surface area contributed by atoms with Crippen molar-refractivity contribution in [2.75, 3.05) is 70.1 Å². The van der Waals surface area contributed by atoms with Gasteiger partial charge < -0.3 is 37.9 Å². The zero-order valence-electron chi connectivity index (χ0n) is 19.2. The van der Waals surface area contributed by atoms with Gasteiger partial charge in [0.2, 0.25) is 0 Å². The van der Waals surface area contributed by atoms with Gasteiger partial charge in [0.1, 0.15) is 36.6 Å². The zero-order chi connectivity index (χ0) is 22.5. The smallest absolute Gasteiger partial charge is 0.129 e. The fraction of sp³-hybridized carbons (Fsp3) is 0.800. The molecular formula is C20H36N2O8. The molecule has 174 valence electrons. The predicted molar refractivity (Wildman–Crippen MR) is 108 cm³/mol. The summed E-state index contributed by atoms with van der Waals surface area (Å²) in [6, 6.07) is 0. The van der Waals surface area contributed by atoms with Crippen molar-refractivity contribution in [2.24, 2.45) is 0 Å². The van der Waals surface area contributed by atoms with Gasteiger partial charge in [-0.05, 0) is 0 Å². The molecule has 0 aliphatic carbocycles. The lowest BCUT2D eigenvalue weighted by atomic mass is 10.0. The summed E-state index contributed by atoms with van der Waals surface area (Å²) in [5.74, 6) is 0. The molecule has 1 aromatic rings. The molecule has 6 atom stereocenters. The second-order valence-electron chi connectivity index (χ2n) is 6.54. The van der Waals surface area contributed by atoms with Crippen LogP contribution in [0.1, 0.15) is 23.6 Å². The first-order valence-electron chi connectivity index (χ1n) is 9.53. The average molecular weight is 433 g/mol. The average Bonchev–Trinajstić information content (AvgIpc) is 2.78. The molecular weight excluding hydrogens is 396 g/mol. The number of rotatable bonds is 16. The van der Waals surface area contributed by atoms with Crippen LogP contribution < -0.4 is 0 Å². The van der Waals surface area contributed by atoms with Gasteiger partial charge in [-0.15, -0.1) is 0 Å². The van der Waals surface area contributed by atoms with Crippen LogP contribution in [0.2, 0.25) is 0 Å². The highest BCUT2D eigenvalue weighted by Gasteiger charge is 2.35. The van der Waals surface area contributed by atoms with Crippen molar-refractivity contribution in [1.29, 1.82) is 0 Å². The Balaban J connectivity index is 3.13. The minimum atomic E-state index is -0.504. The van der Waals surface area contributed by atoms with Crippen molar-refractivity contribution in [3.63, 3.8) is 0 Å². The number of aromatic nitrogens is 2. The van der Waals surface area contributed by atoms with Crippen LogP contribution in [0.3, 0.4) is 0 Å². The second kappa shape index (κ2) is 14.7. The van der Waals surface area contributed by atoms with Crippen LogP contribution in [0.5, 0.6) is 0 Å². The molecule has 0 saturated heterocycles. The maximum Gasteiger partial charge on any atom is 0.129 e. The topological polar surface area (TPSA) is 99.6 Å². The van der Waals surface area contributed by atoms with Crippen LogP contribution >= 0.6 is 0 Å². The first-order valence-corrected chi connectivity index (χ1v) is 9.53. The summed E-state index contributed by atoms with van der Waals surface area (Å²) in [4.78, 5) is 9.08. The molecule has 0 radical (unpaired) electrons. The molecule has 1 aromatic heterocycles. The third kappa shape index (κ3) is 6.89. The Kier molecular flexibility index (Phi) is 13.1. The maximum absolute atomic E-state index is 5.65. The summed E-state index contributed by atoms with van der Waals surface area (Å²) in [7, 11) is 12.7. The van der Waals surface area contributed by atoms with Crippen LogP contribution in [0.25, 0.3) is 0 Å². The summed E-state index contributed by atoms with van der Waals surface area (Å²) in [6.45, 7) is 0.694. The third-order valence-corrected chi connectivity index (χ3v) is 4.92. The van der Waals surface area contributed by atoms with Crippen LogP contribution in [0, 0.1) is 0 Å². The van der Waals surface area contributed by atoms with Crippen molar-refractivity contribution in [3.05, 3.63) is 23.8 Å². The Morgan fingerprint density at radius 3 is 1.13 bits per heavy atom. The van der Waals surface area contributed by atoms with Gasteiger partial charge in [0.15, 0.2) is 0 Å². The van der Waals surface area contributed by atoms with Crippen LogP contribution in [-0.4, -0.2) is 104 Å². The van der Waals surface area contributed by atoms with Crippen molar-refractivity contribution in [1.82, 2.24) is 9.97 Å². The Bertz CT molecular complexity index is 513. The highest BCUT2D eigenvalue weighted by atomic mass is 16.6. The fourth-order valence-corrected chi connectivity index (χ4v) is 3.35. The summed E-state index contributed by atoms with van der Waals surface area (Å²) < 4.78 is 43.9. The fourth-order valence-electron chi connectivity index (χ4n) is 3.35. The third-order valence-electron chi connectivity index (χ3n) is 4.92. The number of nitrogens with zero attached hydrogens (tertiary/aromatic N) is 2. The number of hydrogen-bond donors (Lipinski definition) is 0. The van der Waals surface area contributed by atoms with Crippen LogP contribution in [-0.2, 0) is 37.9 Å². The summed E-state index contributed by atoms with van der Waals surface area (Å²) >= 11 is 0. The first-order chi connectivity index (χ1) is 14.6. The molecule has 0 aromatic carbocycles. The van der Waals surface area contributed by atoms with E-state index in [1.807, 2.05) is 0 Å². The molecule has 0 aliphatic rings. The standard InChI is InChI=1S/C20H36N2O8/c1-23-11-15(25-3)19(29-7)17(27-5)13-9-22-14(10-21-13)18(28-6)20(30-8)16(26-4)12-24-2/h9-10,15-20H,11-12H2,1-8H3. The molecule has 1 heterocycles. The largest absolute Gasteiger partial charge is 0.382 e. The Hall–Kier alpha value is -1.24. The number of hydrogen-bond acceptors (Lipinski definition) is 10. The molecule has 0 bridgehead atoms. The van der Waals surface area contributed by atoms with E-state index in [0.717, 1.165) is 0 Å². The van der Waals surface area contributed by atoms with Gasteiger partial charge in [-0.25, -0.2) is 0 Å². The monoisotopic (exact) mass is 432 g/mol. The molecule has 1 rings (SSSR count). The van der Waals surface area contributed by atoms with Crippen LogP contribution in [0.4, 0.5) is 0 Å². The van der Waals surface area contributed by atoms with E-state index in [4.69, 9.17) is 37.9 Å². The van der Waals surface area contributed by atoms with Crippen molar-refractivity contribution in [2.45, 2.75) is 36.6 Å². The molecule has 0 N–H and O–H groups in total. The highest BCUT2D eigenvalue weighted by Crippen LogP contribution is 2.27. The lowest BCUT2D eigenvalue weighted by Gasteiger charge is -2.31. The predicted octanol–water partition coefficient (Wildman–Crippen LogP) is 1.20. The van der Waals surface area contributed by atoms with Gasteiger partial charge in [-0.2, -0.15) is 0 Å². The molecule has 0 aliphatic heterocycles. The van der Waals surface area contributed by atoms with Crippen molar-refractivity contribution in [3.8, 4) is 0 Å². The van der Waals surface area contributed by atoms with E-state index in [1.54, 1.807) is 69.3 Å². The van der Waals surface area contributed by atoms with E-state index >= 15 is 0 Å². The number of methoxy groups -OCH3 is 8. The summed E-state index contributed by atoms with van der Waals surface area (Å²) in [5, 5.41) is 0. The molecule has 0 fully saturated rings. The molecule has 10 heteroatoms. The Morgan fingerprint density at radius 1 is 0.567 bits per heavy atom. The lowest BCUT2D eigenvalue weighted by Crippen LogP contribution is -2.40. The quantitative estimate of drug-likeness (QED) is 0.379. The van der Waals surface area contributed by atoms with Crippen molar-refractivity contribution < 1.29 is 37.9 Å². The van der Waals surface area contributed by atoms with Gasteiger partial charge in [0.25, 0.3) is 0 Å². The molecule has 0 spiro atoms. The maximum atomic E-state index is 5.65. The molecule has 10 nitrogen and oxygen atoms in total. The van der Waals surface area contributed by atoms with E-state index in [-0.39, 0.29) is 12.2 Å². The van der Waals surface area contributed by atoms with E-state index < -0.39 is 24.4 Å². The second-order valence-corrected chi connectivity index (χ2v) is 6.54. The molecule has 30 heavy (non-hydrogen) atoms. The first kappa shape index (κ1) is 26.8. The van der Waals surface area contributed by atoms with E-state index in [2.05, 4.69) is 9.97 Å². The van der Waals surface area contributed by atoms with Gasteiger partial charge >= 0.3 is 0 Å². The molecule has 0 saturated carbocycles. The minimum absolute atomic E-state index is 0.340. The molecule has 0 amide bonds. The highest BCUT2D eigenvalue weighted by molar-refractivity contribution is 5.11. The van der Waals surface area contributed by atoms with Gasteiger partial charge in [0, 0.05) is 56.9 Å². The van der Waals surface area contributed by atoms with Crippen LogP contribution in [0.15, 0.2) is 12.4 Å². The minimum Gasteiger partial charge on any atom is -0.382 e. The Morgan fingerprint density at radius 2 is 0.933 bits per heavy atom. The summed E-state index contributed by atoms with van der Waals surface area (Å²) in [6.07, 6.45) is 0.694. The van der Waals surface area contributed by atoms with Gasteiger partial charge in [0.05, 0.1) is 37.0 Å². The Labute approximate surface area is 179 Å². The molecule has 6 unspecified atom stereocenters. The van der Waals surface area contributed by atoms with E-state index in [9.17, 15) is 0 Å². The summed E-state index contributed by atoms with van der Waals surface area (Å²) in [5.41, 5.74) is 1.19. The SMILES string of the molecule is COCC(OC)C(OC)C(OC)c1cnc(C(OC)C(OC)C(COC)OC)cn1. The number of ether oxygens (including phenoxy) is 8. The van der Waals surface area contributed by atoms with E-state index in [1.165, 1.54) is 0 Å². The lowest BCUT2D eigenvalue weighted by molar-refractivity contribution is -0.128. The van der Waals surface area contributed by atoms with Crippen molar-refractivity contribution >= 4 is 0 Å². The van der Waals surface area contributed by atoms with Gasteiger partial charge in [-0.3, -0.25) is 9.97 Å². The zero-order valence-corrected chi connectivity index (χ0v) is 19.2.